The van der Waals surface area contributed by atoms with Crippen LogP contribution >= 0.6 is 0 Å². The third kappa shape index (κ3) is 4.81. The van der Waals surface area contributed by atoms with E-state index in [9.17, 15) is 18.0 Å². The Morgan fingerprint density at radius 2 is 1.97 bits per heavy atom. The molecule has 0 aromatic heterocycles. The molecule has 2 aromatic rings. The van der Waals surface area contributed by atoms with Gasteiger partial charge in [0.2, 0.25) is 15.9 Å². The Morgan fingerprint density at radius 3 is 2.70 bits per heavy atom. The Hall–Kier alpha value is -3.11. The fraction of sp³-hybridized carbons (Fsp3) is 0.391. The molecule has 33 heavy (non-hydrogen) atoms. The van der Waals surface area contributed by atoms with Crippen molar-refractivity contribution in [1.82, 2.24) is 9.62 Å². The van der Waals surface area contributed by atoms with Crippen LogP contribution in [0.3, 0.4) is 0 Å². The van der Waals surface area contributed by atoms with Crippen molar-refractivity contribution in [2.45, 2.75) is 31.2 Å². The largest absolute Gasteiger partial charge is 0.496 e. The Bertz CT molecular complexity index is 1170. The summed E-state index contributed by atoms with van der Waals surface area (Å²) < 4.78 is 38.7. The predicted molar refractivity (Wildman–Crippen MR) is 122 cm³/mol. The van der Waals surface area contributed by atoms with Gasteiger partial charge in [-0.25, -0.2) is 8.42 Å². The third-order valence-corrected chi connectivity index (χ3v) is 8.04. The van der Waals surface area contributed by atoms with Crippen LogP contribution in [0.1, 0.15) is 24.0 Å². The fourth-order valence-corrected chi connectivity index (χ4v) is 5.86. The molecule has 4 rings (SSSR count). The van der Waals surface area contributed by atoms with Crippen LogP contribution in [0.5, 0.6) is 11.5 Å². The van der Waals surface area contributed by atoms with Crippen LogP contribution in [0.25, 0.3) is 0 Å². The molecule has 0 radical (unpaired) electrons. The predicted octanol–water partition coefficient (Wildman–Crippen LogP) is 2.05. The Kier molecular flexibility index (Phi) is 6.57. The van der Waals surface area contributed by atoms with E-state index in [-0.39, 0.29) is 42.3 Å². The van der Waals surface area contributed by atoms with Gasteiger partial charge in [-0.1, -0.05) is 18.2 Å². The summed E-state index contributed by atoms with van der Waals surface area (Å²) in [6.07, 6.45) is 0.876. The number of hydrogen-bond donors (Lipinski definition) is 2. The maximum absolute atomic E-state index is 13.3. The van der Waals surface area contributed by atoms with Gasteiger partial charge in [0.15, 0.2) is 6.61 Å². The number of sulfonamides is 1. The molecule has 1 fully saturated rings. The van der Waals surface area contributed by atoms with Gasteiger partial charge in [0.05, 0.1) is 17.7 Å². The van der Waals surface area contributed by atoms with E-state index in [0.717, 1.165) is 5.56 Å². The molecule has 176 valence electrons. The second-order valence-electron chi connectivity index (χ2n) is 8.16. The summed E-state index contributed by atoms with van der Waals surface area (Å²) in [6.45, 7) is 2.40. The van der Waals surface area contributed by atoms with E-state index < -0.39 is 10.0 Å². The van der Waals surface area contributed by atoms with E-state index in [1.165, 1.54) is 10.4 Å². The second kappa shape index (κ2) is 9.40. The second-order valence-corrected chi connectivity index (χ2v) is 10.1. The summed E-state index contributed by atoms with van der Waals surface area (Å²) >= 11 is 0. The van der Waals surface area contributed by atoms with Crippen molar-refractivity contribution in [1.29, 1.82) is 0 Å². The lowest BCUT2D eigenvalue weighted by atomic mass is 9.97. The van der Waals surface area contributed by atoms with Crippen molar-refractivity contribution in [2.75, 3.05) is 32.1 Å². The number of rotatable bonds is 6. The lowest BCUT2D eigenvalue weighted by Crippen LogP contribution is -2.43. The van der Waals surface area contributed by atoms with E-state index in [1.807, 2.05) is 24.3 Å². The monoisotopic (exact) mass is 473 g/mol. The van der Waals surface area contributed by atoms with Gasteiger partial charge in [-0.15, -0.1) is 0 Å². The number of piperidine rings is 1. The average Bonchev–Trinajstić information content (AvgIpc) is 2.82. The number of nitrogens with one attached hydrogen (secondary N) is 2. The molecule has 0 bridgehead atoms. The first-order valence-corrected chi connectivity index (χ1v) is 12.2. The molecule has 2 aliphatic rings. The molecule has 10 heteroatoms. The van der Waals surface area contributed by atoms with Crippen molar-refractivity contribution < 1.29 is 27.5 Å². The Morgan fingerprint density at radius 1 is 1.24 bits per heavy atom. The molecule has 2 aromatic carbocycles. The normalized spacial score (nSPS) is 17.0. The third-order valence-electron chi connectivity index (χ3n) is 6.00. The fourth-order valence-electron chi connectivity index (χ4n) is 4.17. The number of carbonyl (C=O) groups excluding carboxylic acids is 2. The van der Waals surface area contributed by atoms with Crippen LogP contribution < -0.4 is 20.1 Å². The first kappa shape index (κ1) is 23.1. The van der Waals surface area contributed by atoms with Gasteiger partial charge < -0.3 is 20.1 Å². The molecule has 1 saturated heterocycles. The minimum atomic E-state index is -3.76. The molecule has 2 amide bonds. The van der Waals surface area contributed by atoms with Gasteiger partial charge in [0.1, 0.15) is 11.5 Å². The lowest BCUT2D eigenvalue weighted by Gasteiger charge is -2.31. The standard InChI is InChI=1S/C23H27N3O6S/c1-15-11-18-20(32-14-22(27)25-18)12-21(15)33(29,30)26-9-7-16(8-10-26)23(28)24-13-17-5-3-4-6-19(17)31-2/h3-6,11-12,16H,7-10,13-14H2,1-2H3,(H,24,28)(H,25,27). The van der Waals surface area contributed by atoms with Crippen molar-refractivity contribution in [3.05, 3.63) is 47.5 Å². The lowest BCUT2D eigenvalue weighted by molar-refractivity contribution is -0.126. The molecule has 0 saturated carbocycles. The Balaban J connectivity index is 1.39. The Labute approximate surface area is 193 Å². The minimum Gasteiger partial charge on any atom is -0.496 e. The van der Waals surface area contributed by atoms with Crippen LogP contribution in [0, 0.1) is 12.8 Å². The summed E-state index contributed by atoms with van der Waals surface area (Å²) in [4.78, 5) is 24.3. The van der Waals surface area contributed by atoms with E-state index >= 15 is 0 Å². The molecule has 0 aliphatic carbocycles. The van der Waals surface area contributed by atoms with Crippen molar-refractivity contribution >= 4 is 27.5 Å². The maximum Gasteiger partial charge on any atom is 0.262 e. The average molecular weight is 474 g/mol. The zero-order valence-electron chi connectivity index (χ0n) is 18.6. The molecule has 0 spiro atoms. The van der Waals surface area contributed by atoms with E-state index in [1.54, 1.807) is 20.1 Å². The number of amides is 2. The molecular weight excluding hydrogens is 446 g/mol. The maximum atomic E-state index is 13.3. The molecule has 0 unspecified atom stereocenters. The van der Waals surface area contributed by atoms with Gasteiger partial charge >= 0.3 is 0 Å². The topological polar surface area (TPSA) is 114 Å². The molecule has 2 heterocycles. The SMILES string of the molecule is COc1ccccc1CNC(=O)C1CCN(S(=O)(=O)c2cc3c(cc2C)NC(=O)CO3)CC1. The van der Waals surface area contributed by atoms with Gasteiger partial charge in [-0.2, -0.15) is 4.31 Å². The summed E-state index contributed by atoms with van der Waals surface area (Å²) in [5.41, 5.74) is 1.87. The number of fused-ring (bicyclic) bond motifs is 1. The number of hydrogen-bond acceptors (Lipinski definition) is 6. The summed E-state index contributed by atoms with van der Waals surface area (Å²) in [6, 6.07) is 10.6. The van der Waals surface area contributed by atoms with Crippen molar-refractivity contribution in [3.8, 4) is 11.5 Å². The van der Waals surface area contributed by atoms with E-state index in [4.69, 9.17) is 9.47 Å². The van der Waals surface area contributed by atoms with Crippen LogP contribution in [-0.2, 0) is 26.2 Å². The summed E-state index contributed by atoms with van der Waals surface area (Å²) in [7, 11) is -2.17. The molecule has 2 N–H and O–H groups in total. The molecular formula is C23H27N3O6S. The number of para-hydroxylation sites is 1. The smallest absolute Gasteiger partial charge is 0.262 e. The summed E-state index contributed by atoms with van der Waals surface area (Å²) in [5, 5.41) is 5.62. The number of carbonyl (C=O) groups is 2. The van der Waals surface area contributed by atoms with Crippen LogP contribution in [0.4, 0.5) is 5.69 Å². The van der Waals surface area contributed by atoms with Crippen LogP contribution in [0.15, 0.2) is 41.3 Å². The van der Waals surface area contributed by atoms with Gasteiger partial charge in [-0.3, -0.25) is 9.59 Å². The molecule has 0 atom stereocenters. The first-order chi connectivity index (χ1) is 15.8. The number of methoxy groups -OCH3 is 1. The van der Waals surface area contributed by atoms with Gasteiger partial charge in [0, 0.05) is 37.2 Å². The van der Waals surface area contributed by atoms with Gasteiger partial charge in [0.25, 0.3) is 5.91 Å². The quantitative estimate of drug-likeness (QED) is 0.664. The number of ether oxygens (including phenoxy) is 2. The molecule has 2 aliphatic heterocycles. The highest BCUT2D eigenvalue weighted by atomic mass is 32.2. The number of nitrogens with zero attached hydrogens (tertiary/aromatic N) is 1. The van der Waals surface area contributed by atoms with Crippen LogP contribution in [0.2, 0.25) is 0 Å². The summed E-state index contributed by atoms with van der Waals surface area (Å²) in [5.74, 6) is 0.428. The molecule has 9 nitrogen and oxygen atoms in total. The highest BCUT2D eigenvalue weighted by molar-refractivity contribution is 7.89. The van der Waals surface area contributed by atoms with Crippen molar-refractivity contribution in [2.24, 2.45) is 5.92 Å². The minimum absolute atomic E-state index is 0.0907. The van der Waals surface area contributed by atoms with Gasteiger partial charge in [-0.05, 0) is 37.5 Å². The first-order valence-electron chi connectivity index (χ1n) is 10.8. The number of aryl methyl sites for hydroxylation is 1. The van der Waals surface area contributed by atoms with E-state index in [0.29, 0.717) is 42.1 Å². The number of anilines is 1. The zero-order chi connectivity index (χ0) is 23.6. The van der Waals surface area contributed by atoms with Crippen LogP contribution in [-0.4, -0.2) is 51.3 Å². The highest BCUT2D eigenvalue weighted by Crippen LogP contribution is 2.35. The number of benzene rings is 2. The highest BCUT2D eigenvalue weighted by Gasteiger charge is 2.34. The van der Waals surface area contributed by atoms with E-state index in [2.05, 4.69) is 10.6 Å². The van der Waals surface area contributed by atoms with Crippen molar-refractivity contribution in [3.63, 3.8) is 0 Å². The zero-order valence-corrected chi connectivity index (χ0v) is 19.4.